The van der Waals surface area contributed by atoms with Gasteiger partial charge in [0.2, 0.25) is 11.8 Å². The van der Waals surface area contributed by atoms with Crippen molar-refractivity contribution in [2.75, 3.05) is 6.54 Å². The van der Waals surface area contributed by atoms with E-state index in [1.54, 1.807) is 11.1 Å². The number of carbonyl (C=O) groups excluding carboxylic acids is 2. The molecule has 1 aliphatic rings. The Kier molecular flexibility index (Phi) is 4.14. The Bertz CT molecular complexity index is 487. The molecule has 2 heterocycles. The van der Waals surface area contributed by atoms with Crippen LogP contribution in [0.25, 0.3) is 0 Å². The molecular formula is C14H19N3O2. The van der Waals surface area contributed by atoms with Gasteiger partial charge >= 0.3 is 0 Å². The molecule has 0 spiro atoms. The van der Waals surface area contributed by atoms with Crippen LogP contribution in [0.15, 0.2) is 18.3 Å². The number of piperazine rings is 1. The summed E-state index contributed by atoms with van der Waals surface area (Å²) < 4.78 is 0. The second kappa shape index (κ2) is 5.82. The molecule has 1 atom stereocenters. The maximum Gasteiger partial charge on any atom is 0.243 e. The van der Waals surface area contributed by atoms with E-state index in [4.69, 9.17) is 0 Å². The lowest BCUT2D eigenvalue weighted by molar-refractivity contribution is -0.146. The zero-order chi connectivity index (χ0) is 13.8. The predicted octanol–water partition coefficient (Wildman–Crippen LogP) is 0.881. The van der Waals surface area contributed by atoms with Gasteiger partial charge in [0, 0.05) is 6.20 Å². The highest BCUT2D eigenvalue weighted by Gasteiger charge is 2.33. The number of pyridine rings is 1. The number of nitrogens with one attached hydrogen (secondary N) is 1. The summed E-state index contributed by atoms with van der Waals surface area (Å²) in [7, 11) is 0. The number of nitrogens with zero attached hydrogens (tertiary/aromatic N) is 2. The van der Waals surface area contributed by atoms with Crippen LogP contribution in [0.4, 0.5) is 0 Å². The Morgan fingerprint density at radius 3 is 2.89 bits per heavy atom. The third-order valence-corrected chi connectivity index (χ3v) is 3.49. The molecule has 2 rings (SSSR count). The highest BCUT2D eigenvalue weighted by atomic mass is 16.2. The molecule has 1 saturated heterocycles. The van der Waals surface area contributed by atoms with E-state index in [2.05, 4.69) is 17.2 Å². The molecule has 5 heteroatoms. The first-order valence-electron chi connectivity index (χ1n) is 6.67. The Hall–Kier alpha value is -1.91. The van der Waals surface area contributed by atoms with Gasteiger partial charge in [-0.25, -0.2) is 0 Å². The van der Waals surface area contributed by atoms with Crippen LogP contribution in [-0.2, 0) is 22.6 Å². The van der Waals surface area contributed by atoms with Gasteiger partial charge in [0.05, 0.1) is 18.8 Å². The third-order valence-electron chi connectivity index (χ3n) is 3.49. The summed E-state index contributed by atoms with van der Waals surface area (Å²) in [5.74, 6) is -0.116. The largest absolute Gasteiger partial charge is 0.345 e. The number of aryl methyl sites for hydroxylation is 1. The SMILES string of the molecule is CCc1cccnc1CN1C(=O)CNC(=O)C1CC. The topological polar surface area (TPSA) is 62.3 Å². The highest BCUT2D eigenvalue weighted by Crippen LogP contribution is 2.16. The van der Waals surface area contributed by atoms with Gasteiger partial charge in [0.15, 0.2) is 0 Å². The number of amides is 2. The van der Waals surface area contributed by atoms with Crippen LogP contribution in [0, 0.1) is 0 Å². The lowest BCUT2D eigenvalue weighted by atomic mass is 10.1. The van der Waals surface area contributed by atoms with Crippen molar-refractivity contribution >= 4 is 11.8 Å². The first-order valence-corrected chi connectivity index (χ1v) is 6.67. The molecule has 2 amide bonds. The normalized spacial score (nSPS) is 19.5. The summed E-state index contributed by atoms with van der Waals surface area (Å²) in [6.45, 7) is 4.47. The van der Waals surface area contributed by atoms with Crippen LogP contribution in [0.3, 0.4) is 0 Å². The van der Waals surface area contributed by atoms with E-state index >= 15 is 0 Å². The maximum atomic E-state index is 12.0. The van der Waals surface area contributed by atoms with Crippen LogP contribution in [0.2, 0.25) is 0 Å². The Morgan fingerprint density at radius 2 is 2.21 bits per heavy atom. The summed E-state index contributed by atoms with van der Waals surface area (Å²) >= 11 is 0. The van der Waals surface area contributed by atoms with Crippen molar-refractivity contribution < 1.29 is 9.59 Å². The molecule has 102 valence electrons. The minimum Gasteiger partial charge on any atom is -0.345 e. The third kappa shape index (κ3) is 2.75. The molecule has 1 aliphatic heterocycles. The van der Waals surface area contributed by atoms with Crippen molar-refractivity contribution in [1.29, 1.82) is 0 Å². The van der Waals surface area contributed by atoms with Gasteiger partial charge in [-0.3, -0.25) is 14.6 Å². The van der Waals surface area contributed by atoms with Crippen LogP contribution < -0.4 is 5.32 Å². The molecular weight excluding hydrogens is 242 g/mol. The van der Waals surface area contributed by atoms with E-state index < -0.39 is 0 Å². The molecule has 1 aromatic rings. The smallest absolute Gasteiger partial charge is 0.243 e. The summed E-state index contributed by atoms with van der Waals surface area (Å²) in [5, 5.41) is 2.63. The van der Waals surface area contributed by atoms with E-state index in [0.29, 0.717) is 13.0 Å². The number of hydrogen-bond donors (Lipinski definition) is 1. The fraction of sp³-hybridized carbons (Fsp3) is 0.500. The average molecular weight is 261 g/mol. The summed E-state index contributed by atoms with van der Waals surface area (Å²) in [6.07, 6.45) is 3.21. The highest BCUT2D eigenvalue weighted by molar-refractivity contribution is 5.94. The van der Waals surface area contributed by atoms with Crippen molar-refractivity contribution in [2.45, 2.75) is 39.3 Å². The fourth-order valence-corrected chi connectivity index (χ4v) is 2.40. The van der Waals surface area contributed by atoms with Crippen molar-refractivity contribution in [3.8, 4) is 0 Å². The number of hydrogen-bond acceptors (Lipinski definition) is 3. The monoisotopic (exact) mass is 261 g/mol. The number of carbonyl (C=O) groups is 2. The quantitative estimate of drug-likeness (QED) is 0.875. The van der Waals surface area contributed by atoms with Crippen molar-refractivity contribution in [3.05, 3.63) is 29.6 Å². The van der Waals surface area contributed by atoms with Gasteiger partial charge in [0.25, 0.3) is 0 Å². The summed E-state index contributed by atoms with van der Waals surface area (Å²) in [5.41, 5.74) is 2.00. The molecule has 1 fully saturated rings. The lowest BCUT2D eigenvalue weighted by Crippen LogP contribution is -2.57. The second-order valence-electron chi connectivity index (χ2n) is 4.63. The first kappa shape index (κ1) is 13.5. The van der Waals surface area contributed by atoms with E-state index in [1.807, 2.05) is 19.1 Å². The predicted molar refractivity (Wildman–Crippen MR) is 71.3 cm³/mol. The number of aromatic nitrogens is 1. The average Bonchev–Trinajstić information content (AvgIpc) is 2.44. The van der Waals surface area contributed by atoms with Crippen molar-refractivity contribution in [3.63, 3.8) is 0 Å². The Morgan fingerprint density at radius 1 is 1.42 bits per heavy atom. The van der Waals surface area contributed by atoms with Gasteiger partial charge in [0.1, 0.15) is 6.04 Å². The molecule has 5 nitrogen and oxygen atoms in total. The maximum absolute atomic E-state index is 12.0. The molecule has 19 heavy (non-hydrogen) atoms. The summed E-state index contributed by atoms with van der Waals surface area (Å²) in [4.78, 5) is 29.8. The Balaban J connectivity index is 2.24. The van der Waals surface area contributed by atoms with Gasteiger partial charge in [-0.15, -0.1) is 0 Å². The van der Waals surface area contributed by atoms with Gasteiger partial charge in [-0.05, 0) is 24.5 Å². The van der Waals surface area contributed by atoms with E-state index in [9.17, 15) is 9.59 Å². The zero-order valence-electron chi connectivity index (χ0n) is 11.3. The lowest BCUT2D eigenvalue weighted by Gasteiger charge is -2.34. The molecule has 1 aromatic heterocycles. The van der Waals surface area contributed by atoms with Crippen LogP contribution in [-0.4, -0.2) is 34.3 Å². The second-order valence-corrected chi connectivity index (χ2v) is 4.63. The van der Waals surface area contributed by atoms with Gasteiger partial charge < -0.3 is 10.2 Å². The standard InChI is InChI=1S/C14H19N3O2/c1-3-10-6-5-7-15-11(10)9-17-12(4-2)14(19)16-8-13(17)18/h5-7,12H,3-4,8-9H2,1-2H3,(H,16,19). The summed E-state index contributed by atoms with van der Waals surface area (Å²) in [6, 6.07) is 3.52. The fourth-order valence-electron chi connectivity index (χ4n) is 2.40. The molecule has 1 unspecified atom stereocenters. The van der Waals surface area contributed by atoms with Gasteiger partial charge in [-0.2, -0.15) is 0 Å². The molecule has 0 bridgehead atoms. The van der Waals surface area contributed by atoms with Crippen LogP contribution in [0.5, 0.6) is 0 Å². The molecule has 0 radical (unpaired) electrons. The molecule has 0 saturated carbocycles. The van der Waals surface area contributed by atoms with Crippen LogP contribution in [0.1, 0.15) is 31.5 Å². The van der Waals surface area contributed by atoms with E-state index in [-0.39, 0.29) is 24.4 Å². The number of rotatable bonds is 4. The van der Waals surface area contributed by atoms with E-state index in [1.165, 1.54) is 0 Å². The minimum absolute atomic E-state index is 0.0424. The molecule has 1 N–H and O–H groups in total. The molecule has 0 aromatic carbocycles. The zero-order valence-corrected chi connectivity index (χ0v) is 11.3. The van der Waals surface area contributed by atoms with Crippen molar-refractivity contribution in [2.24, 2.45) is 0 Å². The first-order chi connectivity index (χ1) is 9.17. The Labute approximate surface area is 113 Å². The van der Waals surface area contributed by atoms with Crippen molar-refractivity contribution in [1.82, 2.24) is 15.2 Å². The molecule has 0 aliphatic carbocycles. The van der Waals surface area contributed by atoms with Gasteiger partial charge in [-0.1, -0.05) is 19.9 Å². The van der Waals surface area contributed by atoms with E-state index in [0.717, 1.165) is 17.7 Å². The minimum atomic E-state index is -0.382. The van der Waals surface area contributed by atoms with Crippen LogP contribution >= 0.6 is 0 Å².